The van der Waals surface area contributed by atoms with Crippen molar-refractivity contribution in [2.45, 2.75) is 85.8 Å². The van der Waals surface area contributed by atoms with E-state index in [1.54, 1.807) is 12.1 Å². The van der Waals surface area contributed by atoms with E-state index < -0.39 is 5.60 Å². The van der Waals surface area contributed by atoms with Crippen LogP contribution in [0, 0.1) is 12.3 Å². The first-order valence-corrected chi connectivity index (χ1v) is 14.0. The predicted molar refractivity (Wildman–Crippen MR) is 152 cm³/mol. The van der Waals surface area contributed by atoms with Gasteiger partial charge in [0.05, 0.1) is 12.2 Å². The van der Waals surface area contributed by atoms with Gasteiger partial charge in [0.25, 0.3) is 0 Å². The minimum atomic E-state index is -0.538. The lowest BCUT2D eigenvalue weighted by molar-refractivity contribution is -0.118. The van der Waals surface area contributed by atoms with Gasteiger partial charge in [-0.2, -0.15) is 0 Å². The van der Waals surface area contributed by atoms with Crippen molar-refractivity contribution in [3.63, 3.8) is 0 Å². The predicted octanol–water partition coefficient (Wildman–Crippen LogP) is 6.49. The maximum absolute atomic E-state index is 13.1. The number of hydrogen-bond acceptors (Lipinski definition) is 5. The smallest absolute Gasteiger partial charge is 0.338 e. The number of rotatable bonds is 7. The fourth-order valence-electron chi connectivity index (χ4n) is 5.74. The number of aryl methyl sites for hydroxylation is 1. The van der Waals surface area contributed by atoms with E-state index in [-0.39, 0.29) is 17.3 Å². The van der Waals surface area contributed by atoms with Gasteiger partial charge in [-0.3, -0.25) is 9.69 Å². The summed E-state index contributed by atoms with van der Waals surface area (Å²) in [6.45, 7) is 18.5. The zero-order valence-electron chi connectivity index (χ0n) is 24.2. The second-order valence-electron chi connectivity index (χ2n) is 12.4. The van der Waals surface area contributed by atoms with Crippen LogP contribution in [0.3, 0.4) is 0 Å². The van der Waals surface area contributed by atoms with Crippen molar-refractivity contribution >= 4 is 17.6 Å². The van der Waals surface area contributed by atoms with Gasteiger partial charge in [-0.15, -0.1) is 0 Å². The van der Waals surface area contributed by atoms with Gasteiger partial charge in [0.1, 0.15) is 11.4 Å². The van der Waals surface area contributed by atoms with Crippen molar-refractivity contribution in [3.05, 3.63) is 58.7 Å². The molecule has 6 heteroatoms. The second kappa shape index (κ2) is 11.1. The number of likely N-dealkylation sites (tertiary alicyclic amines) is 1. The third-order valence-corrected chi connectivity index (χ3v) is 7.80. The van der Waals surface area contributed by atoms with Crippen LogP contribution in [-0.4, -0.2) is 48.6 Å². The summed E-state index contributed by atoms with van der Waals surface area (Å²) in [5.41, 5.74) is 4.77. The Balaban J connectivity index is 1.40. The van der Waals surface area contributed by atoms with Gasteiger partial charge < -0.3 is 14.4 Å². The highest BCUT2D eigenvalue weighted by Crippen LogP contribution is 2.43. The number of esters is 1. The second-order valence-corrected chi connectivity index (χ2v) is 12.4. The van der Waals surface area contributed by atoms with E-state index in [0.717, 1.165) is 50.5 Å². The van der Waals surface area contributed by atoms with E-state index in [1.807, 2.05) is 44.7 Å². The van der Waals surface area contributed by atoms with E-state index in [1.165, 1.54) is 16.7 Å². The normalized spacial score (nSPS) is 17.9. The van der Waals surface area contributed by atoms with Crippen molar-refractivity contribution in [2.24, 2.45) is 5.41 Å². The van der Waals surface area contributed by atoms with Gasteiger partial charge in [-0.1, -0.05) is 19.9 Å². The molecule has 2 aliphatic rings. The summed E-state index contributed by atoms with van der Waals surface area (Å²) in [6.07, 6.45) is 2.60. The highest BCUT2D eigenvalue weighted by Gasteiger charge is 2.45. The van der Waals surface area contributed by atoms with E-state index >= 15 is 0 Å². The summed E-state index contributed by atoms with van der Waals surface area (Å²) in [6, 6.07) is 11.8. The Bertz CT molecular complexity index is 1160. The molecule has 2 heterocycles. The number of ether oxygens (including phenoxy) is 2. The van der Waals surface area contributed by atoms with Crippen LogP contribution < -0.4 is 9.64 Å². The number of piperidine rings is 1. The summed E-state index contributed by atoms with van der Waals surface area (Å²) in [5.74, 6) is 1.27. The van der Waals surface area contributed by atoms with Crippen LogP contribution in [-0.2, 0) is 16.1 Å². The number of carbonyl (C=O) groups is 2. The topological polar surface area (TPSA) is 59.1 Å². The molecule has 0 aromatic heterocycles. The molecule has 2 aliphatic heterocycles. The first-order valence-electron chi connectivity index (χ1n) is 14.0. The van der Waals surface area contributed by atoms with Gasteiger partial charge in [0, 0.05) is 25.2 Å². The van der Waals surface area contributed by atoms with Crippen LogP contribution in [0.1, 0.15) is 93.8 Å². The van der Waals surface area contributed by atoms with E-state index in [0.29, 0.717) is 24.5 Å². The van der Waals surface area contributed by atoms with Crippen LogP contribution in [0.25, 0.3) is 0 Å². The highest BCUT2D eigenvalue weighted by molar-refractivity contribution is 5.97. The lowest BCUT2D eigenvalue weighted by Gasteiger charge is -2.39. The lowest BCUT2D eigenvalue weighted by Crippen LogP contribution is -2.41. The summed E-state index contributed by atoms with van der Waals surface area (Å²) in [4.78, 5) is 29.9. The molecule has 0 atom stereocenters. The molecule has 2 saturated heterocycles. The molecule has 0 aliphatic carbocycles. The Morgan fingerprint density at radius 2 is 1.74 bits per heavy atom. The molecule has 0 saturated carbocycles. The molecule has 0 unspecified atom stereocenters. The summed E-state index contributed by atoms with van der Waals surface area (Å²) < 4.78 is 11.4. The Morgan fingerprint density at radius 3 is 2.32 bits per heavy atom. The van der Waals surface area contributed by atoms with Crippen LogP contribution in [0.4, 0.5) is 5.69 Å². The maximum Gasteiger partial charge on any atom is 0.338 e. The number of amides is 1. The Kier molecular flexibility index (Phi) is 8.22. The number of carbonyl (C=O) groups excluding carboxylic acids is 2. The third kappa shape index (κ3) is 6.40. The van der Waals surface area contributed by atoms with Crippen molar-refractivity contribution in [1.82, 2.24) is 4.90 Å². The van der Waals surface area contributed by atoms with Crippen LogP contribution in [0.15, 0.2) is 36.4 Å². The lowest BCUT2D eigenvalue weighted by atomic mass is 9.77. The molecule has 2 aromatic carbocycles. The number of hydrogen-bond donors (Lipinski definition) is 0. The molecule has 1 amide bonds. The van der Waals surface area contributed by atoms with Gasteiger partial charge in [-0.05, 0) is 119 Å². The molecule has 0 radical (unpaired) electrons. The van der Waals surface area contributed by atoms with Crippen molar-refractivity contribution in [2.75, 3.05) is 31.1 Å². The zero-order valence-corrected chi connectivity index (χ0v) is 24.2. The Labute approximate surface area is 228 Å². The SMILES string of the molecule is CCOc1cc(CN2CCC3(CC2)CC(=O)N(c2ccc(C(=O)OC(C)(C)C)cc2)C3)c(C(C)C)cc1C. The summed E-state index contributed by atoms with van der Waals surface area (Å²) >= 11 is 0. The van der Waals surface area contributed by atoms with Crippen LogP contribution in [0.2, 0.25) is 0 Å². The van der Waals surface area contributed by atoms with Gasteiger partial charge in [0.2, 0.25) is 5.91 Å². The highest BCUT2D eigenvalue weighted by atomic mass is 16.6. The average Bonchev–Trinajstić information content (AvgIpc) is 3.17. The molecule has 1 spiro atoms. The Hall–Kier alpha value is -2.86. The molecule has 206 valence electrons. The van der Waals surface area contributed by atoms with E-state index in [4.69, 9.17) is 9.47 Å². The van der Waals surface area contributed by atoms with Crippen LogP contribution >= 0.6 is 0 Å². The van der Waals surface area contributed by atoms with Gasteiger partial charge in [0.15, 0.2) is 0 Å². The van der Waals surface area contributed by atoms with Crippen molar-refractivity contribution < 1.29 is 19.1 Å². The van der Waals surface area contributed by atoms with E-state index in [2.05, 4.69) is 37.8 Å². The first kappa shape index (κ1) is 28.2. The largest absolute Gasteiger partial charge is 0.494 e. The summed E-state index contributed by atoms with van der Waals surface area (Å²) in [7, 11) is 0. The fraction of sp³-hybridized carbons (Fsp3) is 0.562. The molecular formula is C32H44N2O4. The fourth-order valence-corrected chi connectivity index (χ4v) is 5.74. The molecule has 2 fully saturated rings. The number of anilines is 1. The summed E-state index contributed by atoms with van der Waals surface area (Å²) in [5, 5.41) is 0. The number of nitrogens with zero attached hydrogens (tertiary/aromatic N) is 2. The molecular weight excluding hydrogens is 476 g/mol. The maximum atomic E-state index is 13.1. The zero-order chi connectivity index (χ0) is 27.7. The molecule has 4 rings (SSSR count). The number of benzene rings is 2. The average molecular weight is 521 g/mol. The van der Waals surface area contributed by atoms with Crippen molar-refractivity contribution in [1.29, 1.82) is 0 Å². The Morgan fingerprint density at radius 1 is 1.08 bits per heavy atom. The molecule has 2 aromatic rings. The molecule has 0 bridgehead atoms. The monoisotopic (exact) mass is 520 g/mol. The van der Waals surface area contributed by atoms with Crippen LogP contribution in [0.5, 0.6) is 5.75 Å². The molecule has 0 N–H and O–H groups in total. The van der Waals surface area contributed by atoms with Gasteiger partial charge >= 0.3 is 5.97 Å². The first-order chi connectivity index (χ1) is 17.9. The molecule has 6 nitrogen and oxygen atoms in total. The minimum absolute atomic E-state index is 0.0159. The van der Waals surface area contributed by atoms with E-state index in [9.17, 15) is 9.59 Å². The quantitative estimate of drug-likeness (QED) is 0.391. The third-order valence-electron chi connectivity index (χ3n) is 7.80. The standard InChI is InChI=1S/C32H44N2O4/c1-8-37-28-18-25(27(22(2)3)17-23(28)4)20-33-15-13-32(14-16-33)19-29(35)34(21-32)26-11-9-24(10-12-26)30(36)38-31(5,6)7/h9-12,17-18,22H,8,13-16,19-21H2,1-7H3. The minimum Gasteiger partial charge on any atom is -0.494 e. The van der Waals surface area contributed by atoms with Gasteiger partial charge in [-0.25, -0.2) is 4.79 Å². The molecule has 38 heavy (non-hydrogen) atoms. The van der Waals surface area contributed by atoms with Crippen molar-refractivity contribution in [3.8, 4) is 5.75 Å².